The zero-order valence-corrected chi connectivity index (χ0v) is 20.3. The number of hydrogen-bond acceptors (Lipinski definition) is 4. The largest absolute Gasteiger partial charge is 0.421 e. The van der Waals surface area contributed by atoms with E-state index in [0.717, 1.165) is 25.7 Å². The molecule has 2 unspecified atom stereocenters. The summed E-state index contributed by atoms with van der Waals surface area (Å²) in [5, 5.41) is 13.7. The molecular formula is C26H31F3N2O3S. The van der Waals surface area contributed by atoms with Crippen molar-refractivity contribution in [2.45, 2.75) is 68.2 Å². The Bertz CT molecular complexity index is 1140. The lowest BCUT2D eigenvalue weighted by Crippen LogP contribution is -2.43. The number of aromatic nitrogens is 1. The third-order valence-corrected chi connectivity index (χ3v) is 8.93. The number of aliphatic hydroxyl groups is 1. The smallest absolute Gasteiger partial charge is 0.376 e. The van der Waals surface area contributed by atoms with Crippen LogP contribution in [0.1, 0.15) is 56.1 Å². The van der Waals surface area contributed by atoms with E-state index < -0.39 is 21.3 Å². The average Bonchev–Trinajstić information content (AvgIpc) is 3.44. The number of rotatable bonds is 9. The van der Waals surface area contributed by atoms with Crippen LogP contribution >= 0.6 is 0 Å². The van der Waals surface area contributed by atoms with Gasteiger partial charge in [-0.15, -0.1) is 0 Å². The van der Waals surface area contributed by atoms with Crippen molar-refractivity contribution in [2.75, 3.05) is 11.1 Å². The van der Waals surface area contributed by atoms with E-state index in [1.54, 1.807) is 12.1 Å². The quantitative estimate of drug-likeness (QED) is 0.463. The lowest BCUT2D eigenvalue weighted by molar-refractivity contribution is -0.272. The minimum absolute atomic E-state index is 0.00413. The van der Waals surface area contributed by atoms with Crippen LogP contribution in [0.25, 0.3) is 0 Å². The lowest BCUT2D eigenvalue weighted by atomic mass is 9.83. The minimum Gasteiger partial charge on any atom is -0.376 e. The zero-order valence-electron chi connectivity index (χ0n) is 19.5. The van der Waals surface area contributed by atoms with Gasteiger partial charge < -0.3 is 10.4 Å². The van der Waals surface area contributed by atoms with Gasteiger partial charge in [-0.25, -0.2) is 4.98 Å². The number of alkyl halides is 3. The first-order valence-electron chi connectivity index (χ1n) is 12.0. The molecule has 2 N–H and O–H groups in total. The fourth-order valence-corrected chi connectivity index (χ4v) is 6.56. The van der Waals surface area contributed by atoms with Gasteiger partial charge in [0.1, 0.15) is 5.03 Å². The van der Waals surface area contributed by atoms with E-state index in [0.29, 0.717) is 40.8 Å². The van der Waals surface area contributed by atoms with E-state index >= 15 is 0 Å². The summed E-state index contributed by atoms with van der Waals surface area (Å²) in [5.74, 6) is 4.29. The third-order valence-electron chi connectivity index (χ3n) is 6.92. The highest BCUT2D eigenvalue weighted by molar-refractivity contribution is 8.00. The predicted octanol–water partition coefficient (Wildman–Crippen LogP) is 5.08. The van der Waals surface area contributed by atoms with Crippen LogP contribution in [0.15, 0.2) is 47.6 Å². The number of pyridine rings is 1. The Balaban J connectivity index is 1.38. The van der Waals surface area contributed by atoms with Gasteiger partial charge in [0.25, 0.3) is 0 Å². The Kier molecular flexibility index (Phi) is 7.29. The van der Waals surface area contributed by atoms with Crippen molar-refractivity contribution in [1.29, 1.82) is 0 Å². The number of carbonyl (C=O) groups excluding carboxylic acids is 1. The molecule has 35 heavy (non-hydrogen) atoms. The fraction of sp³-hybridized carbons (Fsp3) is 0.500. The highest BCUT2D eigenvalue weighted by Crippen LogP contribution is 2.46. The van der Waals surface area contributed by atoms with Gasteiger partial charge in [0.15, 0.2) is 5.60 Å². The van der Waals surface area contributed by atoms with Crippen molar-refractivity contribution in [3.63, 3.8) is 0 Å². The van der Waals surface area contributed by atoms with Gasteiger partial charge in [-0.3, -0.25) is 9.00 Å². The molecular weight excluding hydrogens is 477 g/mol. The van der Waals surface area contributed by atoms with Crippen molar-refractivity contribution in [3.8, 4) is 0 Å². The standard InChI is InChI=1S/C26H31F3N2O3S/c1-35(34,17-19-6-7-19)24-13-8-20(16-30-24)14-23(32)31-22-11-9-21(10-12-22)25(33,26(27,28)29)15-18-4-2-3-5-18/h8-13,16,18-19,33H,1-7,14-15,17H2,(H,31,32). The summed E-state index contributed by atoms with van der Waals surface area (Å²) in [6.07, 6.45) is 1.65. The van der Waals surface area contributed by atoms with E-state index in [1.165, 1.54) is 30.5 Å². The van der Waals surface area contributed by atoms with Crippen LogP contribution in [-0.2, 0) is 26.3 Å². The van der Waals surface area contributed by atoms with Gasteiger partial charge in [0, 0.05) is 27.2 Å². The van der Waals surface area contributed by atoms with Crippen molar-refractivity contribution < 1.29 is 27.3 Å². The van der Waals surface area contributed by atoms with E-state index in [4.69, 9.17) is 0 Å². The zero-order chi connectivity index (χ0) is 25.3. The molecule has 1 aromatic carbocycles. The van der Waals surface area contributed by atoms with Crippen LogP contribution in [0.3, 0.4) is 0 Å². The fourth-order valence-electron chi connectivity index (χ4n) is 4.74. The van der Waals surface area contributed by atoms with E-state index in [9.17, 15) is 27.3 Å². The van der Waals surface area contributed by atoms with Crippen molar-refractivity contribution >= 4 is 27.0 Å². The van der Waals surface area contributed by atoms with Crippen molar-refractivity contribution in [1.82, 2.24) is 4.98 Å². The second-order valence-electron chi connectivity index (χ2n) is 9.94. The van der Waals surface area contributed by atoms with Crippen LogP contribution in [0.2, 0.25) is 0 Å². The van der Waals surface area contributed by atoms with Crippen molar-refractivity contribution in [3.05, 3.63) is 53.7 Å². The summed E-state index contributed by atoms with van der Waals surface area (Å²) in [6, 6.07) is 8.51. The van der Waals surface area contributed by atoms with Crippen molar-refractivity contribution in [2.24, 2.45) is 11.8 Å². The molecule has 5 nitrogen and oxygen atoms in total. The second-order valence-corrected chi connectivity index (χ2v) is 12.3. The molecule has 2 atom stereocenters. The SMILES string of the molecule is C=S(=O)(CC1CC1)c1ccc(CC(=O)Nc2ccc(C(O)(CC3CCCC3)C(F)(F)F)cc2)cn1. The van der Waals surface area contributed by atoms with Gasteiger partial charge in [0.2, 0.25) is 5.91 Å². The maximum Gasteiger partial charge on any atom is 0.421 e. The molecule has 9 heteroatoms. The number of anilines is 1. The summed E-state index contributed by atoms with van der Waals surface area (Å²) < 4.78 is 54.2. The van der Waals surface area contributed by atoms with Gasteiger partial charge in [-0.2, -0.15) is 13.2 Å². The molecule has 2 aliphatic rings. The van der Waals surface area contributed by atoms with E-state index in [-0.39, 0.29) is 30.2 Å². The predicted molar refractivity (Wildman–Crippen MR) is 131 cm³/mol. The molecule has 0 bridgehead atoms. The van der Waals surface area contributed by atoms with Gasteiger partial charge in [-0.05, 0) is 66.3 Å². The highest BCUT2D eigenvalue weighted by Gasteiger charge is 2.55. The number of hydrogen-bond donors (Lipinski definition) is 2. The van der Waals surface area contributed by atoms with E-state index in [1.807, 2.05) is 0 Å². The summed E-state index contributed by atoms with van der Waals surface area (Å²) >= 11 is 0. The molecule has 0 aliphatic heterocycles. The molecule has 2 saturated carbocycles. The molecule has 0 spiro atoms. The Morgan fingerprint density at radius 3 is 2.26 bits per heavy atom. The molecule has 190 valence electrons. The Labute approximate surface area is 204 Å². The highest BCUT2D eigenvalue weighted by atomic mass is 32.2. The first kappa shape index (κ1) is 25.7. The molecule has 4 rings (SSSR count). The Morgan fingerprint density at radius 1 is 1.06 bits per heavy atom. The van der Waals surface area contributed by atoms with Gasteiger partial charge in [-0.1, -0.05) is 43.9 Å². The molecule has 1 heterocycles. The molecule has 0 saturated heterocycles. The number of nitrogens with zero attached hydrogens (tertiary/aromatic N) is 1. The van der Waals surface area contributed by atoms with Crippen LogP contribution in [0.5, 0.6) is 0 Å². The van der Waals surface area contributed by atoms with Gasteiger partial charge in [0.05, 0.1) is 6.42 Å². The summed E-state index contributed by atoms with van der Waals surface area (Å²) in [4.78, 5) is 16.7. The first-order valence-corrected chi connectivity index (χ1v) is 13.9. The Morgan fingerprint density at radius 2 is 1.71 bits per heavy atom. The molecule has 2 aliphatic carbocycles. The van der Waals surface area contributed by atoms with Crippen LogP contribution < -0.4 is 5.32 Å². The Hall–Kier alpha value is -2.39. The maximum absolute atomic E-state index is 13.8. The minimum atomic E-state index is -4.80. The molecule has 2 aromatic rings. The maximum atomic E-state index is 13.8. The lowest BCUT2D eigenvalue weighted by Gasteiger charge is -2.33. The number of halogens is 3. The second kappa shape index (κ2) is 9.93. The summed E-state index contributed by atoms with van der Waals surface area (Å²) in [6.45, 7) is 0. The molecule has 1 aromatic heterocycles. The third kappa shape index (κ3) is 6.25. The molecule has 2 fully saturated rings. The first-order chi connectivity index (χ1) is 16.5. The average molecular weight is 509 g/mol. The topological polar surface area (TPSA) is 79.3 Å². The van der Waals surface area contributed by atoms with Crippen LogP contribution in [0.4, 0.5) is 18.9 Å². The van der Waals surface area contributed by atoms with Crippen LogP contribution in [-0.4, -0.2) is 38.0 Å². The number of nitrogens with one attached hydrogen (secondary N) is 1. The number of amides is 1. The normalized spacial score (nSPS) is 20.2. The number of benzene rings is 1. The molecule has 1 amide bonds. The monoisotopic (exact) mass is 508 g/mol. The molecule has 0 radical (unpaired) electrons. The van der Waals surface area contributed by atoms with E-state index in [2.05, 4.69) is 16.2 Å². The summed E-state index contributed by atoms with van der Waals surface area (Å²) in [5.41, 5.74) is -2.19. The number of carbonyl (C=O) groups is 1. The van der Waals surface area contributed by atoms with Crippen LogP contribution in [0, 0.1) is 11.8 Å². The summed E-state index contributed by atoms with van der Waals surface area (Å²) in [7, 11) is -2.44. The van der Waals surface area contributed by atoms with Gasteiger partial charge >= 0.3 is 6.18 Å².